The standard InChI is InChI=1S/C16H10O6/c17-13-9-5-1-3-7-11(9)15(19,21-13)16(20)12-8-4-2-6-10(12)14(18)22-16/h1-8,19-20H/t15-,16+. The van der Waals surface area contributed by atoms with E-state index in [9.17, 15) is 19.8 Å². The summed E-state index contributed by atoms with van der Waals surface area (Å²) in [6, 6.07) is 12.2. The molecule has 2 aliphatic rings. The summed E-state index contributed by atoms with van der Waals surface area (Å²) in [7, 11) is 0. The van der Waals surface area contributed by atoms with Crippen LogP contribution >= 0.6 is 0 Å². The molecule has 0 radical (unpaired) electrons. The van der Waals surface area contributed by atoms with E-state index in [0.717, 1.165) is 0 Å². The summed E-state index contributed by atoms with van der Waals surface area (Å²) in [6.45, 7) is 0. The highest BCUT2D eigenvalue weighted by Crippen LogP contribution is 2.51. The lowest BCUT2D eigenvalue weighted by molar-refractivity contribution is -0.358. The average molecular weight is 298 g/mol. The van der Waals surface area contributed by atoms with Crippen LogP contribution in [0.15, 0.2) is 48.5 Å². The van der Waals surface area contributed by atoms with Gasteiger partial charge in [0.15, 0.2) is 0 Å². The molecular weight excluding hydrogens is 288 g/mol. The van der Waals surface area contributed by atoms with Crippen LogP contribution in [0.4, 0.5) is 0 Å². The fraction of sp³-hybridized carbons (Fsp3) is 0.125. The number of hydrogen-bond donors (Lipinski definition) is 2. The van der Waals surface area contributed by atoms with E-state index in [1.807, 2.05) is 0 Å². The molecular formula is C16H10O6. The van der Waals surface area contributed by atoms with E-state index in [2.05, 4.69) is 0 Å². The summed E-state index contributed by atoms with van der Waals surface area (Å²) >= 11 is 0. The van der Waals surface area contributed by atoms with Crippen LogP contribution < -0.4 is 0 Å². The van der Waals surface area contributed by atoms with Crippen molar-refractivity contribution >= 4 is 11.9 Å². The predicted molar refractivity (Wildman–Crippen MR) is 71.5 cm³/mol. The molecule has 6 heteroatoms. The molecule has 2 atom stereocenters. The first kappa shape index (κ1) is 13.0. The number of cyclic esters (lactones) is 2. The maximum atomic E-state index is 11.9. The zero-order chi connectivity index (χ0) is 15.5. The number of aliphatic hydroxyl groups is 2. The third-order valence-corrected chi connectivity index (χ3v) is 3.96. The first-order valence-corrected chi connectivity index (χ1v) is 6.58. The summed E-state index contributed by atoms with van der Waals surface area (Å²) in [6.07, 6.45) is 0. The predicted octanol–water partition coefficient (Wildman–Crippen LogP) is 1.02. The largest absolute Gasteiger partial charge is 0.417 e. The number of ether oxygens (including phenoxy) is 2. The molecule has 4 rings (SSSR count). The van der Waals surface area contributed by atoms with Gasteiger partial charge in [0.2, 0.25) is 0 Å². The normalized spacial score (nSPS) is 28.8. The summed E-state index contributed by atoms with van der Waals surface area (Å²) in [5, 5.41) is 21.7. The number of rotatable bonds is 1. The number of carbonyl (C=O) groups excluding carboxylic acids is 2. The van der Waals surface area contributed by atoms with Crippen LogP contribution in [0.5, 0.6) is 0 Å². The molecule has 2 aromatic rings. The second-order valence-electron chi connectivity index (χ2n) is 5.16. The van der Waals surface area contributed by atoms with Crippen molar-refractivity contribution in [1.29, 1.82) is 0 Å². The first-order chi connectivity index (χ1) is 10.5. The van der Waals surface area contributed by atoms with Crippen molar-refractivity contribution in [3.05, 3.63) is 70.8 Å². The Balaban J connectivity index is 1.97. The van der Waals surface area contributed by atoms with Gasteiger partial charge in [-0.15, -0.1) is 0 Å². The van der Waals surface area contributed by atoms with Gasteiger partial charge in [-0.2, -0.15) is 0 Å². The molecule has 22 heavy (non-hydrogen) atoms. The monoisotopic (exact) mass is 298 g/mol. The summed E-state index contributed by atoms with van der Waals surface area (Å²) in [5.74, 6) is -6.59. The SMILES string of the molecule is O=C1O[C@](O)([C@]2(O)OC(=O)c3ccccc32)c2ccccc21. The van der Waals surface area contributed by atoms with E-state index < -0.39 is 23.5 Å². The highest BCUT2D eigenvalue weighted by molar-refractivity contribution is 5.97. The van der Waals surface area contributed by atoms with Crippen molar-refractivity contribution in [2.75, 3.05) is 0 Å². The van der Waals surface area contributed by atoms with Crippen LogP contribution in [-0.2, 0) is 21.0 Å². The van der Waals surface area contributed by atoms with Gasteiger partial charge in [-0.05, 0) is 12.1 Å². The Hall–Kier alpha value is -2.70. The van der Waals surface area contributed by atoms with Crippen molar-refractivity contribution in [1.82, 2.24) is 0 Å². The topological polar surface area (TPSA) is 93.1 Å². The molecule has 0 fully saturated rings. The molecule has 2 aromatic carbocycles. The van der Waals surface area contributed by atoms with E-state index in [4.69, 9.17) is 9.47 Å². The molecule has 0 spiro atoms. The maximum absolute atomic E-state index is 11.9. The lowest BCUT2D eigenvalue weighted by atomic mass is 9.89. The minimum Gasteiger partial charge on any atom is -0.417 e. The summed E-state index contributed by atoms with van der Waals surface area (Å²) in [4.78, 5) is 23.9. The smallest absolute Gasteiger partial charge is 0.341 e. The van der Waals surface area contributed by atoms with Gasteiger partial charge >= 0.3 is 23.5 Å². The van der Waals surface area contributed by atoms with E-state index in [0.29, 0.717) is 0 Å². The number of benzene rings is 2. The maximum Gasteiger partial charge on any atom is 0.341 e. The fourth-order valence-electron chi connectivity index (χ4n) is 2.90. The van der Waals surface area contributed by atoms with Crippen LogP contribution in [0.2, 0.25) is 0 Å². The zero-order valence-corrected chi connectivity index (χ0v) is 11.1. The minimum absolute atomic E-state index is 0.0482. The van der Waals surface area contributed by atoms with Crippen molar-refractivity contribution in [3.8, 4) is 0 Å². The molecule has 0 unspecified atom stereocenters. The Bertz CT molecular complexity index is 759. The van der Waals surface area contributed by atoms with Crippen molar-refractivity contribution < 1.29 is 29.3 Å². The van der Waals surface area contributed by atoms with Gasteiger partial charge in [0.05, 0.1) is 11.1 Å². The number of fused-ring (bicyclic) bond motifs is 2. The van der Waals surface area contributed by atoms with Crippen molar-refractivity contribution in [2.24, 2.45) is 0 Å². The lowest BCUT2D eigenvalue weighted by Gasteiger charge is -2.35. The fourth-order valence-corrected chi connectivity index (χ4v) is 2.90. The van der Waals surface area contributed by atoms with Crippen LogP contribution in [0.3, 0.4) is 0 Å². The Morgan fingerprint density at radius 2 is 1.05 bits per heavy atom. The van der Waals surface area contributed by atoms with Gasteiger partial charge in [0.1, 0.15) is 0 Å². The van der Waals surface area contributed by atoms with Gasteiger partial charge in [0.25, 0.3) is 0 Å². The van der Waals surface area contributed by atoms with Gasteiger partial charge < -0.3 is 19.7 Å². The second-order valence-corrected chi connectivity index (χ2v) is 5.16. The van der Waals surface area contributed by atoms with Crippen LogP contribution in [-0.4, -0.2) is 22.2 Å². The molecule has 0 aliphatic carbocycles. The van der Waals surface area contributed by atoms with E-state index >= 15 is 0 Å². The Labute approximate surface area is 124 Å². The Kier molecular flexibility index (Phi) is 2.33. The molecule has 110 valence electrons. The van der Waals surface area contributed by atoms with Gasteiger partial charge in [-0.25, -0.2) is 9.59 Å². The molecule has 0 saturated heterocycles. The van der Waals surface area contributed by atoms with Crippen LogP contribution in [0, 0.1) is 0 Å². The molecule has 2 aliphatic heterocycles. The number of esters is 2. The Morgan fingerprint density at radius 1 is 0.682 bits per heavy atom. The summed E-state index contributed by atoms with van der Waals surface area (Å²) < 4.78 is 10.0. The molecule has 0 amide bonds. The quantitative estimate of drug-likeness (QED) is 0.763. The third-order valence-electron chi connectivity index (χ3n) is 3.96. The number of carbonyl (C=O) groups is 2. The average Bonchev–Trinajstić information content (AvgIpc) is 2.95. The molecule has 2 heterocycles. The van der Waals surface area contributed by atoms with E-state index in [1.54, 1.807) is 24.3 Å². The molecule has 2 N–H and O–H groups in total. The van der Waals surface area contributed by atoms with Crippen molar-refractivity contribution in [2.45, 2.75) is 11.6 Å². The molecule has 0 saturated carbocycles. The highest BCUT2D eigenvalue weighted by atomic mass is 16.7. The molecule has 6 nitrogen and oxygen atoms in total. The molecule has 0 aromatic heterocycles. The lowest BCUT2D eigenvalue weighted by Crippen LogP contribution is -2.50. The third kappa shape index (κ3) is 1.35. The minimum atomic E-state index is -2.50. The van der Waals surface area contributed by atoms with Crippen molar-refractivity contribution in [3.63, 3.8) is 0 Å². The van der Waals surface area contributed by atoms with Gasteiger partial charge in [0, 0.05) is 11.1 Å². The van der Waals surface area contributed by atoms with Gasteiger partial charge in [-0.3, -0.25) is 0 Å². The first-order valence-electron chi connectivity index (χ1n) is 6.58. The summed E-state index contributed by atoms with van der Waals surface area (Å²) in [5.41, 5.74) is 0.316. The highest BCUT2D eigenvalue weighted by Gasteiger charge is 2.66. The number of hydrogen-bond acceptors (Lipinski definition) is 6. The van der Waals surface area contributed by atoms with Gasteiger partial charge in [-0.1, -0.05) is 36.4 Å². The molecule has 0 bridgehead atoms. The van der Waals surface area contributed by atoms with E-state index in [1.165, 1.54) is 24.3 Å². The Morgan fingerprint density at radius 3 is 1.45 bits per heavy atom. The van der Waals surface area contributed by atoms with Crippen LogP contribution in [0.1, 0.15) is 31.8 Å². The second kappa shape index (κ2) is 3.94. The zero-order valence-electron chi connectivity index (χ0n) is 11.1. The van der Waals surface area contributed by atoms with Crippen LogP contribution in [0.25, 0.3) is 0 Å². The van der Waals surface area contributed by atoms with E-state index in [-0.39, 0.29) is 22.3 Å².